The minimum Gasteiger partial charge on any atom is -0.341 e. The van der Waals surface area contributed by atoms with Crippen LogP contribution in [0, 0.1) is 5.92 Å². The quantitative estimate of drug-likeness (QED) is 0.699. The summed E-state index contributed by atoms with van der Waals surface area (Å²) in [6.07, 6.45) is -3.04. The van der Waals surface area contributed by atoms with Crippen LogP contribution >= 0.6 is 0 Å². The van der Waals surface area contributed by atoms with E-state index in [-0.39, 0.29) is 23.2 Å². The standard InChI is InChI=1S/C21H28F3N3O2/c1-2-25-10-12-26(13-11-25)15-19(28)27-9-3-4-17(14-27)20(29)16-5-7-18(8-6-16)21(22,23)24/h5-8,17H,2-4,9-15H2,1H3/t17-/m0/s1. The summed E-state index contributed by atoms with van der Waals surface area (Å²) in [6.45, 7) is 8.11. The lowest BCUT2D eigenvalue weighted by atomic mass is 9.89. The average Bonchev–Trinajstić information content (AvgIpc) is 2.73. The number of rotatable bonds is 5. The fourth-order valence-corrected chi connectivity index (χ4v) is 4.03. The first-order chi connectivity index (χ1) is 13.8. The fourth-order valence-electron chi connectivity index (χ4n) is 4.03. The number of piperidine rings is 1. The van der Waals surface area contributed by atoms with Crippen molar-refractivity contribution < 1.29 is 22.8 Å². The molecule has 2 heterocycles. The Balaban J connectivity index is 1.55. The van der Waals surface area contributed by atoms with E-state index in [1.54, 1.807) is 4.90 Å². The van der Waals surface area contributed by atoms with Crippen LogP contribution in [0.5, 0.6) is 0 Å². The number of ketones is 1. The summed E-state index contributed by atoms with van der Waals surface area (Å²) < 4.78 is 38.1. The van der Waals surface area contributed by atoms with Crippen LogP contribution in [-0.2, 0) is 11.0 Å². The number of likely N-dealkylation sites (N-methyl/N-ethyl adjacent to an activating group) is 1. The van der Waals surface area contributed by atoms with Gasteiger partial charge in [-0.1, -0.05) is 19.1 Å². The Morgan fingerprint density at radius 3 is 2.21 bits per heavy atom. The van der Waals surface area contributed by atoms with Crippen molar-refractivity contribution in [2.24, 2.45) is 5.92 Å². The molecule has 2 aliphatic heterocycles. The van der Waals surface area contributed by atoms with Gasteiger partial charge in [-0.2, -0.15) is 13.2 Å². The SMILES string of the molecule is CCN1CCN(CC(=O)N2CCC[C@H](C(=O)c3ccc(C(F)(F)F)cc3)C2)CC1. The summed E-state index contributed by atoms with van der Waals surface area (Å²) in [6, 6.07) is 4.35. The third kappa shape index (κ3) is 5.57. The van der Waals surface area contributed by atoms with Gasteiger partial charge in [0.25, 0.3) is 0 Å². The van der Waals surface area contributed by atoms with E-state index in [2.05, 4.69) is 16.7 Å². The summed E-state index contributed by atoms with van der Waals surface area (Å²) in [5.41, 5.74) is -0.495. The third-order valence-electron chi connectivity index (χ3n) is 5.91. The second-order valence-electron chi connectivity index (χ2n) is 7.83. The van der Waals surface area contributed by atoms with E-state index in [9.17, 15) is 22.8 Å². The highest BCUT2D eigenvalue weighted by Gasteiger charge is 2.32. The van der Waals surface area contributed by atoms with E-state index < -0.39 is 11.7 Å². The van der Waals surface area contributed by atoms with Gasteiger partial charge in [0.15, 0.2) is 5.78 Å². The van der Waals surface area contributed by atoms with Crippen molar-refractivity contribution in [1.82, 2.24) is 14.7 Å². The number of halogens is 3. The molecule has 5 nitrogen and oxygen atoms in total. The van der Waals surface area contributed by atoms with Crippen LogP contribution in [0.25, 0.3) is 0 Å². The molecule has 0 radical (unpaired) electrons. The smallest absolute Gasteiger partial charge is 0.341 e. The van der Waals surface area contributed by atoms with Crippen molar-refractivity contribution in [3.05, 3.63) is 35.4 Å². The number of alkyl halides is 3. The molecule has 3 rings (SSSR count). The van der Waals surface area contributed by atoms with Gasteiger partial charge < -0.3 is 9.80 Å². The normalized spacial score (nSPS) is 21.9. The summed E-state index contributed by atoms with van der Waals surface area (Å²) in [4.78, 5) is 31.7. The van der Waals surface area contributed by atoms with Crippen LogP contribution in [0.1, 0.15) is 35.7 Å². The van der Waals surface area contributed by atoms with Crippen molar-refractivity contribution in [2.75, 3.05) is 52.4 Å². The van der Waals surface area contributed by atoms with Crippen molar-refractivity contribution in [2.45, 2.75) is 25.9 Å². The predicted octanol–water partition coefficient (Wildman–Crippen LogP) is 2.76. The topological polar surface area (TPSA) is 43.9 Å². The molecular weight excluding hydrogens is 383 g/mol. The molecule has 2 saturated heterocycles. The van der Waals surface area contributed by atoms with E-state index in [0.717, 1.165) is 51.3 Å². The van der Waals surface area contributed by atoms with E-state index in [1.165, 1.54) is 12.1 Å². The Kier molecular flexibility index (Phi) is 6.95. The molecule has 160 valence electrons. The van der Waals surface area contributed by atoms with E-state index >= 15 is 0 Å². The Bertz CT molecular complexity index is 713. The summed E-state index contributed by atoms with van der Waals surface area (Å²) in [7, 11) is 0. The number of likely N-dealkylation sites (tertiary alicyclic amines) is 1. The van der Waals surface area contributed by atoms with E-state index in [0.29, 0.717) is 26.1 Å². The second kappa shape index (κ2) is 9.26. The second-order valence-corrected chi connectivity index (χ2v) is 7.83. The molecule has 1 aromatic rings. The van der Waals surface area contributed by atoms with Crippen molar-refractivity contribution in [3.63, 3.8) is 0 Å². The number of hydrogen-bond donors (Lipinski definition) is 0. The molecule has 0 saturated carbocycles. The van der Waals surface area contributed by atoms with Crippen LogP contribution in [0.15, 0.2) is 24.3 Å². The molecule has 2 aliphatic rings. The van der Waals surface area contributed by atoms with Gasteiger partial charge in [0, 0.05) is 50.7 Å². The first-order valence-corrected chi connectivity index (χ1v) is 10.2. The molecular formula is C21H28F3N3O2. The highest BCUT2D eigenvalue weighted by atomic mass is 19.4. The fraction of sp³-hybridized carbons (Fsp3) is 0.619. The Morgan fingerprint density at radius 1 is 1.00 bits per heavy atom. The predicted molar refractivity (Wildman–Crippen MR) is 104 cm³/mol. The number of piperazine rings is 1. The van der Waals surface area contributed by atoms with Crippen LogP contribution in [-0.4, -0.2) is 78.7 Å². The van der Waals surface area contributed by atoms with Crippen LogP contribution in [0.2, 0.25) is 0 Å². The Labute approximate surface area is 169 Å². The summed E-state index contributed by atoms with van der Waals surface area (Å²) in [5, 5.41) is 0. The Hall–Kier alpha value is -1.93. The van der Waals surface area contributed by atoms with E-state index in [1.807, 2.05) is 0 Å². The maximum Gasteiger partial charge on any atom is 0.416 e. The molecule has 0 spiro atoms. The zero-order valence-corrected chi connectivity index (χ0v) is 16.7. The van der Waals surface area contributed by atoms with Crippen molar-refractivity contribution in [1.29, 1.82) is 0 Å². The lowest BCUT2D eigenvalue weighted by Crippen LogP contribution is -2.51. The highest BCUT2D eigenvalue weighted by Crippen LogP contribution is 2.30. The average molecular weight is 411 g/mol. The minimum atomic E-state index is -4.42. The maximum atomic E-state index is 12.8. The number of carbonyl (C=O) groups excluding carboxylic acids is 2. The molecule has 1 aromatic carbocycles. The molecule has 0 N–H and O–H groups in total. The largest absolute Gasteiger partial charge is 0.416 e. The third-order valence-corrected chi connectivity index (χ3v) is 5.91. The summed E-state index contributed by atoms with van der Waals surface area (Å²) in [5.74, 6) is -0.519. The molecule has 1 atom stereocenters. The van der Waals surface area contributed by atoms with Gasteiger partial charge in [-0.15, -0.1) is 0 Å². The van der Waals surface area contributed by atoms with Gasteiger partial charge in [0.05, 0.1) is 12.1 Å². The monoisotopic (exact) mass is 411 g/mol. The molecule has 2 fully saturated rings. The lowest BCUT2D eigenvalue weighted by Gasteiger charge is -2.36. The van der Waals surface area contributed by atoms with Crippen LogP contribution < -0.4 is 0 Å². The number of carbonyl (C=O) groups is 2. The van der Waals surface area contributed by atoms with Gasteiger partial charge in [-0.3, -0.25) is 14.5 Å². The molecule has 0 aliphatic carbocycles. The zero-order chi connectivity index (χ0) is 21.0. The van der Waals surface area contributed by atoms with Crippen LogP contribution in [0.3, 0.4) is 0 Å². The van der Waals surface area contributed by atoms with Gasteiger partial charge in [-0.25, -0.2) is 0 Å². The molecule has 1 amide bonds. The van der Waals surface area contributed by atoms with Gasteiger partial charge in [0.1, 0.15) is 0 Å². The van der Waals surface area contributed by atoms with Gasteiger partial charge in [-0.05, 0) is 31.5 Å². The number of nitrogens with zero attached hydrogens (tertiary/aromatic N) is 3. The Morgan fingerprint density at radius 2 is 1.62 bits per heavy atom. The number of amides is 1. The van der Waals surface area contributed by atoms with Crippen molar-refractivity contribution in [3.8, 4) is 0 Å². The van der Waals surface area contributed by atoms with Crippen molar-refractivity contribution >= 4 is 11.7 Å². The highest BCUT2D eigenvalue weighted by molar-refractivity contribution is 5.98. The van der Waals surface area contributed by atoms with E-state index in [4.69, 9.17) is 0 Å². The van der Waals surface area contributed by atoms with Gasteiger partial charge in [0.2, 0.25) is 5.91 Å². The minimum absolute atomic E-state index is 0.0277. The number of hydrogen-bond acceptors (Lipinski definition) is 4. The van der Waals surface area contributed by atoms with Gasteiger partial charge >= 0.3 is 6.18 Å². The molecule has 8 heteroatoms. The first-order valence-electron chi connectivity index (χ1n) is 10.2. The molecule has 0 aromatic heterocycles. The molecule has 0 unspecified atom stereocenters. The zero-order valence-electron chi connectivity index (χ0n) is 16.7. The van der Waals surface area contributed by atoms with Crippen LogP contribution in [0.4, 0.5) is 13.2 Å². The molecule has 0 bridgehead atoms. The summed E-state index contributed by atoms with van der Waals surface area (Å²) >= 11 is 0. The maximum absolute atomic E-state index is 12.8. The molecule has 29 heavy (non-hydrogen) atoms. The number of benzene rings is 1. The lowest BCUT2D eigenvalue weighted by molar-refractivity contribution is -0.137. The first kappa shape index (κ1) is 21.8. The number of Topliss-reactive ketones (excluding diaryl/α,β-unsaturated/α-hetero) is 1.